The molecule has 2 atom stereocenters. The Morgan fingerprint density at radius 3 is 2.33 bits per heavy atom. The average molecular weight is 215 g/mol. The van der Waals surface area contributed by atoms with E-state index < -0.39 is 11.9 Å². The lowest BCUT2D eigenvalue weighted by molar-refractivity contribution is -0.135. The Bertz CT molecular complexity index is 231. The summed E-state index contributed by atoms with van der Waals surface area (Å²) in [4.78, 5) is 23.9. The van der Waals surface area contributed by atoms with Crippen LogP contribution in [0.15, 0.2) is 0 Å². The molecule has 0 aromatic heterocycles. The minimum Gasteiger partial charge on any atom is -0.370 e. The Labute approximate surface area is 90.8 Å². The molecule has 5 heteroatoms. The van der Waals surface area contributed by atoms with Gasteiger partial charge in [0.15, 0.2) is 0 Å². The van der Waals surface area contributed by atoms with Crippen molar-refractivity contribution in [1.82, 2.24) is 4.90 Å². The molecule has 15 heavy (non-hydrogen) atoms. The Balaban J connectivity index is 4.23. The summed E-state index contributed by atoms with van der Waals surface area (Å²) in [6, 6.07) is -0.673. The van der Waals surface area contributed by atoms with Gasteiger partial charge in [0, 0.05) is 13.1 Å². The quantitative estimate of drug-likeness (QED) is 0.645. The molecule has 0 spiro atoms. The number of hydrogen-bond acceptors (Lipinski definition) is 3. The SMILES string of the molecule is CCCC(C)N(C)C(=O)C(N)CC(N)=O. The highest BCUT2D eigenvalue weighted by Crippen LogP contribution is 2.06. The molecule has 4 N–H and O–H groups in total. The third-order valence-corrected chi connectivity index (χ3v) is 2.45. The molecule has 0 aromatic carbocycles. The molecule has 0 rings (SSSR count). The molecule has 0 aromatic rings. The maximum absolute atomic E-state index is 11.7. The lowest BCUT2D eigenvalue weighted by Gasteiger charge is -2.27. The molecular formula is C10H21N3O2. The summed E-state index contributed by atoms with van der Waals surface area (Å²) in [5.41, 5.74) is 10.5. The second kappa shape index (κ2) is 6.40. The molecule has 0 saturated carbocycles. The van der Waals surface area contributed by atoms with Gasteiger partial charge in [-0.05, 0) is 13.3 Å². The number of carbonyl (C=O) groups excluding carboxylic acids is 2. The lowest BCUT2D eigenvalue weighted by Crippen LogP contribution is -2.47. The number of primary amides is 1. The van der Waals surface area contributed by atoms with Gasteiger partial charge in [-0.3, -0.25) is 9.59 Å². The highest BCUT2D eigenvalue weighted by molar-refractivity contribution is 5.87. The molecule has 0 aliphatic rings. The Morgan fingerprint density at radius 2 is 1.93 bits per heavy atom. The van der Waals surface area contributed by atoms with Crippen LogP contribution in [0.4, 0.5) is 0 Å². The zero-order valence-electron chi connectivity index (χ0n) is 9.69. The largest absolute Gasteiger partial charge is 0.370 e. The van der Waals surface area contributed by atoms with Gasteiger partial charge >= 0.3 is 0 Å². The number of carbonyl (C=O) groups is 2. The van der Waals surface area contributed by atoms with E-state index in [1.54, 1.807) is 11.9 Å². The minimum absolute atomic E-state index is 0.0952. The number of nitrogens with zero attached hydrogens (tertiary/aromatic N) is 1. The smallest absolute Gasteiger partial charge is 0.239 e. The van der Waals surface area contributed by atoms with E-state index in [0.29, 0.717) is 0 Å². The number of likely N-dealkylation sites (N-methyl/N-ethyl adjacent to an activating group) is 1. The van der Waals surface area contributed by atoms with Crippen LogP contribution in [0.3, 0.4) is 0 Å². The van der Waals surface area contributed by atoms with Gasteiger partial charge in [-0.15, -0.1) is 0 Å². The Morgan fingerprint density at radius 1 is 1.40 bits per heavy atom. The maximum Gasteiger partial charge on any atom is 0.239 e. The first kappa shape index (κ1) is 13.9. The van der Waals surface area contributed by atoms with Crippen molar-refractivity contribution in [3.63, 3.8) is 0 Å². The topological polar surface area (TPSA) is 89.4 Å². The van der Waals surface area contributed by atoms with Gasteiger partial charge in [0.1, 0.15) is 0 Å². The zero-order chi connectivity index (χ0) is 12.0. The third-order valence-electron chi connectivity index (χ3n) is 2.45. The molecular weight excluding hydrogens is 194 g/mol. The van der Waals surface area contributed by atoms with Crippen molar-refractivity contribution in [2.75, 3.05) is 7.05 Å². The molecule has 0 heterocycles. The van der Waals surface area contributed by atoms with Gasteiger partial charge in [0.2, 0.25) is 11.8 Å². The van der Waals surface area contributed by atoms with Crippen LogP contribution in [0.2, 0.25) is 0 Å². The van der Waals surface area contributed by atoms with Gasteiger partial charge in [-0.2, -0.15) is 0 Å². The third kappa shape index (κ3) is 4.78. The van der Waals surface area contributed by atoms with Crippen molar-refractivity contribution < 1.29 is 9.59 Å². The van der Waals surface area contributed by atoms with Crippen LogP contribution in [0.5, 0.6) is 0 Å². The van der Waals surface area contributed by atoms with Gasteiger partial charge in [0.25, 0.3) is 0 Å². The maximum atomic E-state index is 11.7. The van der Waals surface area contributed by atoms with Crippen LogP contribution in [0.25, 0.3) is 0 Å². The second-order valence-corrected chi connectivity index (χ2v) is 3.86. The number of hydrogen-bond donors (Lipinski definition) is 2. The Hall–Kier alpha value is -1.10. The molecule has 0 saturated heterocycles. The zero-order valence-corrected chi connectivity index (χ0v) is 9.69. The summed E-state index contributed by atoms with van der Waals surface area (Å²) in [5.74, 6) is -0.776. The fraction of sp³-hybridized carbons (Fsp3) is 0.800. The lowest BCUT2D eigenvalue weighted by atomic mass is 10.1. The molecule has 0 bridgehead atoms. The molecule has 88 valence electrons. The predicted octanol–water partition coefficient (Wildman–Crippen LogP) is -0.164. The molecule has 5 nitrogen and oxygen atoms in total. The van der Waals surface area contributed by atoms with Crippen LogP contribution in [-0.2, 0) is 9.59 Å². The first-order valence-electron chi connectivity index (χ1n) is 5.20. The summed E-state index contributed by atoms with van der Waals surface area (Å²) in [7, 11) is 1.70. The van der Waals surface area contributed by atoms with Crippen LogP contribution in [-0.4, -0.2) is 35.8 Å². The highest BCUT2D eigenvalue weighted by Gasteiger charge is 2.22. The normalized spacial score (nSPS) is 14.4. The molecule has 0 aliphatic carbocycles. The number of nitrogens with two attached hydrogens (primary N) is 2. The first-order valence-corrected chi connectivity index (χ1v) is 5.20. The summed E-state index contributed by atoms with van der Waals surface area (Å²) < 4.78 is 0. The summed E-state index contributed by atoms with van der Waals surface area (Å²) in [6.45, 7) is 4.01. The summed E-state index contributed by atoms with van der Waals surface area (Å²) in [6.07, 6.45) is 1.83. The van der Waals surface area contributed by atoms with E-state index in [1.165, 1.54) is 0 Å². The second-order valence-electron chi connectivity index (χ2n) is 3.86. The standard InChI is InChI=1S/C10H21N3O2/c1-4-5-7(2)13(3)10(15)8(11)6-9(12)14/h7-8H,4-6,11H2,1-3H3,(H2,12,14). The molecule has 2 amide bonds. The fourth-order valence-corrected chi connectivity index (χ4v) is 1.39. The van der Waals surface area contributed by atoms with Crippen LogP contribution >= 0.6 is 0 Å². The molecule has 0 fully saturated rings. The van der Waals surface area contributed by atoms with E-state index in [-0.39, 0.29) is 18.4 Å². The molecule has 2 unspecified atom stereocenters. The van der Waals surface area contributed by atoms with Gasteiger partial charge in [0.05, 0.1) is 12.5 Å². The monoisotopic (exact) mass is 215 g/mol. The van der Waals surface area contributed by atoms with Crippen molar-refractivity contribution >= 4 is 11.8 Å². The van der Waals surface area contributed by atoms with Crippen LogP contribution in [0.1, 0.15) is 33.1 Å². The van der Waals surface area contributed by atoms with E-state index in [9.17, 15) is 9.59 Å². The van der Waals surface area contributed by atoms with Crippen molar-refractivity contribution in [2.45, 2.75) is 45.2 Å². The average Bonchev–Trinajstić information content (AvgIpc) is 2.14. The molecule has 0 aliphatic heterocycles. The summed E-state index contributed by atoms with van der Waals surface area (Å²) >= 11 is 0. The summed E-state index contributed by atoms with van der Waals surface area (Å²) in [5, 5.41) is 0. The minimum atomic E-state index is -0.813. The van der Waals surface area contributed by atoms with E-state index in [1.807, 2.05) is 6.92 Å². The van der Waals surface area contributed by atoms with Gasteiger partial charge in [-0.25, -0.2) is 0 Å². The van der Waals surface area contributed by atoms with Crippen LogP contribution < -0.4 is 11.5 Å². The number of amides is 2. The highest BCUT2D eigenvalue weighted by atomic mass is 16.2. The van der Waals surface area contributed by atoms with Crippen LogP contribution in [0, 0.1) is 0 Å². The van der Waals surface area contributed by atoms with E-state index >= 15 is 0 Å². The van der Waals surface area contributed by atoms with Crippen molar-refractivity contribution in [3.8, 4) is 0 Å². The predicted molar refractivity (Wildman–Crippen MR) is 58.9 cm³/mol. The molecule has 0 radical (unpaired) electrons. The van der Waals surface area contributed by atoms with E-state index in [4.69, 9.17) is 11.5 Å². The van der Waals surface area contributed by atoms with Crippen molar-refractivity contribution in [3.05, 3.63) is 0 Å². The van der Waals surface area contributed by atoms with Crippen molar-refractivity contribution in [2.24, 2.45) is 11.5 Å². The van der Waals surface area contributed by atoms with Gasteiger partial charge in [-0.1, -0.05) is 13.3 Å². The van der Waals surface area contributed by atoms with E-state index in [2.05, 4.69) is 6.92 Å². The Kier molecular flexibility index (Phi) is 5.93. The number of rotatable bonds is 6. The van der Waals surface area contributed by atoms with Gasteiger partial charge < -0.3 is 16.4 Å². The first-order chi connectivity index (χ1) is 6.90. The fourth-order valence-electron chi connectivity index (χ4n) is 1.39. The van der Waals surface area contributed by atoms with Crippen molar-refractivity contribution in [1.29, 1.82) is 0 Å². The van der Waals surface area contributed by atoms with E-state index in [0.717, 1.165) is 12.8 Å².